The van der Waals surface area contributed by atoms with Crippen LogP contribution in [0.3, 0.4) is 0 Å². The van der Waals surface area contributed by atoms with E-state index in [0.29, 0.717) is 13.0 Å². The summed E-state index contributed by atoms with van der Waals surface area (Å²) in [4.78, 5) is 46.9. The second-order valence-electron chi connectivity index (χ2n) is 9.43. The molecule has 2 aromatic carbocycles. The van der Waals surface area contributed by atoms with Gasteiger partial charge in [-0.1, -0.05) is 62.4 Å². The molecule has 10 nitrogen and oxygen atoms in total. The minimum absolute atomic E-state index is 0.230. The second kappa shape index (κ2) is 14.0. The lowest BCUT2D eigenvalue weighted by molar-refractivity contribution is -0.394. The van der Waals surface area contributed by atoms with Gasteiger partial charge in [0.25, 0.3) is 17.3 Å². The van der Waals surface area contributed by atoms with Crippen molar-refractivity contribution in [3.63, 3.8) is 0 Å². The number of benzene rings is 2. The van der Waals surface area contributed by atoms with E-state index in [-0.39, 0.29) is 5.56 Å². The van der Waals surface area contributed by atoms with Crippen LogP contribution in [0.15, 0.2) is 55.1 Å². The zero-order valence-electron chi connectivity index (χ0n) is 21.3. The van der Waals surface area contributed by atoms with Crippen molar-refractivity contribution in [2.45, 2.75) is 63.8 Å². The standard InChI is InChI=1S/C28H33N3O7/c1-2-3-4-5-6-7-8-9-12-15-38-28(33)25-18-20-13-10-11-14-24(20)26(25)29-27(32)21-16-22(30(34)35)19-23(17-21)31(36)37/h2,10-11,13-14,16-17,19,25-26H,1,3-9,12,15,18H2,(H,29,32). The Bertz CT molecular complexity index is 1150. The predicted molar refractivity (Wildman–Crippen MR) is 142 cm³/mol. The minimum Gasteiger partial charge on any atom is -0.465 e. The summed E-state index contributed by atoms with van der Waals surface area (Å²) < 4.78 is 5.56. The Morgan fingerprint density at radius 1 is 0.947 bits per heavy atom. The van der Waals surface area contributed by atoms with E-state index in [1.54, 1.807) is 12.1 Å². The van der Waals surface area contributed by atoms with Crippen LogP contribution >= 0.6 is 0 Å². The highest BCUT2D eigenvalue weighted by atomic mass is 16.6. The predicted octanol–water partition coefficient (Wildman–Crippen LogP) is 6.00. The molecule has 38 heavy (non-hydrogen) atoms. The number of nitrogens with one attached hydrogen (secondary N) is 1. The Kier molecular flexibility index (Phi) is 10.5. The van der Waals surface area contributed by atoms with Gasteiger partial charge in [0.05, 0.1) is 40.0 Å². The van der Waals surface area contributed by atoms with Crippen LogP contribution in [0.25, 0.3) is 0 Å². The van der Waals surface area contributed by atoms with Gasteiger partial charge in [-0.05, 0) is 36.8 Å². The summed E-state index contributed by atoms with van der Waals surface area (Å²) in [6.07, 6.45) is 10.9. The summed E-state index contributed by atoms with van der Waals surface area (Å²) in [5, 5.41) is 25.2. The third-order valence-electron chi connectivity index (χ3n) is 6.70. The SMILES string of the molecule is C=CCCCCCCCCCOC(=O)C1Cc2ccccc2C1NC(=O)c1cc([N+](=O)[O-])cc([N+](=O)[O-])c1. The lowest BCUT2D eigenvalue weighted by Gasteiger charge is -2.21. The lowest BCUT2D eigenvalue weighted by atomic mass is 10.00. The molecule has 0 spiro atoms. The Morgan fingerprint density at radius 2 is 1.55 bits per heavy atom. The summed E-state index contributed by atoms with van der Waals surface area (Å²) >= 11 is 0. The number of nitro benzene ring substituents is 2. The molecule has 3 rings (SSSR count). The van der Waals surface area contributed by atoms with Crippen molar-refractivity contribution in [2.24, 2.45) is 5.92 Å². The van der Waals surface area contributed by atoms with Gasteiger partial charge in [0, 0.05) is 12.1 Å². The first-order chi connectivity index (χ1) is 18.3. The van der Waals surface area contributed by atoms with E-state index in [4.69, 9.17) is 4.74 Å². The van der Waals surface area contributed by atoms with Gasteiger partial charge in [-0.3, -0.25) is 29.8 Å². The molecule has 10 heteroatoms. The summed E-state index contributed by atoms with van der Waals surface area (Å²) in [5.41, 5.74) is 0.278. The summed E-state index contributed by atoms with van der Waals surface area (Å²) in [5.74, 6) is -1.85. The van der Waals surface area contributed by atoms with Crippen molar-refractivity contribution >= 4 is 23.3 Å². The Labute approximate surface area is 221 Å². The highest BCUT2D eigenvalue weighted by Gasteiger charge is 2.39. The van der Waals surface area contributed by atoms with Gasteiger partial charge >= 0.3 is 5.97 Å². The van der Waals surface area contributed by atoms with E-state index in [0.717, 1.165) is 61.4 Å². The van der Waals surface area contributed by atoms with Crippen LogP contribution in [0.4, 0.5) is 11.4 Å². The van der Waals surface area contributed by atoms with Crippen LogP contribution in [0.5, 0.6) is 0 Å². The largest absolute Gasteiger partial charge is 0.465 e. The number of nitrogens with zero attached hydrogens (tertiary/aromatic N) is 2. The van der Waals surface area contributed by atoms with Gasteiger partial charge in [-0.2, -0.15) is 0 Å². The molecular formula is C28H33N3O7. The molecular weight excluding hydrogens is 490 g/mol. The zero-order valence-corrected chi connectivity index (χ0v) is 21.3. The first-order valence-electron chi connectivity index (χ1n) is 12.9. The smallest absolute Gasteiger partial charge is 0.311 e. The first-order valence-corrected chi connectivity index (χ1v) is 12.9. The number of hydrogen-bond donors (Lipinski definition) is 1. The van der Waals surface area contributed by atoms with E-state index in [1.807, 2.05) is 18.2 Å². The second-order valence-corrected chi connectivity index (χ2v) is 9.43. The molecule has 0 saturated heterocycles. The number of carbonyl (C=O) groups is 2. The first kappa shape index (κ1) is 28.5. The minimum atomic E-state index is -0.794. The average molecular weight is 524 g/mol. The number of hydrogen-bond acceptors (Lipinski definition) is 7. The molecule has 0 saturated carbocycles. The lowest BCUT2D eigenvalue weighted by Crippen LogP contribution is -2.35. The highest BCUT2D eigenvalue weighted by molar-refractivity contribution is 5.96. The van der Waals surface area contributed by atoms with Crippen molar-refractivity contribution in [3.8, 4) is 0 Å². The third-order valence-corrected chi connectivity index (χ3v) is 6.70. The van der Waals surface area contributed by atoms with Gasteiger partial charge in [0.15, 0.2) is 0 Å². The molecule has 2 aromatic rings. The van der Waals surface area contributed by atoms with E-state index in [1.165, 1.54) is 19.3 Å². The summed E-state index contributed by atoms with van der Waals surface area (Å²) in [7, 11) is 0. The van der Waals surface area contributed by atoms with Crippen LogP contribution in [-0.2, 0) is 16.0 Å². The number of ether oxygens (including phenoxy) is 1. The summed E-state index contributed by atoms with van der Waals surface area (Å²) in [6, 6.07) is 9.35. The Morgan fingerprint density at radius 3 is 2.18 bits per heavy atom. The van der Waals surface area contributed by atoms with Crippen LogP contribution < -0.4 is 5.32 Å². The number of fused-ring (bicyclic) bond motifs is 1. The van der Waals surface area contributed by atoms with E-state index in [9.17, 15) is 29.8 Å². The molecule has 2 unspecified atom stereocenters. The fraction of sp³-hybridized carbons (Fsp3) is 0.429. The molecule has 0 radical (unpaired) electrons. The molecule has 0 aliphatic heterocycles. The molecule has 0 aromatic heterocycles. The number of carbonyl (C=O) groups excluding carboxylic acids is 2. The van der Waals surface area contributed by atoms with Gasteiger partial charge in [0.2, 0.25) is 0 Å². The fourth-order valence-electron chi connectivity index (χ4n) is 4.71. The summed E-state index contributed by atoms with van der Waals surface area (Å²) in [6.45, 7) is 4.02. The molecule has 0 bridgehead atoms. The van der Waals surface area contributed by atoms with Crippen molar-refractivity contribution in [2.75, 3.05) is 6.61 Å². The normalized spacial score (nSPS) is 15.9. The molecule has 1 amide bonds. The maximum absolute atomic E-state index is 13.1. The van der Waals surface area contributed by atoms with E-state index in [2.05, 4.69) is 11.9 Å². The van der Waals surface area contributed by atoms with Gasteiger partial charge in [0.1, 0.15) is 0 Å². The van der Waals surface area contributed by atoms with Crippen LogP contribution in [0.1, 0.15) is 78.9 Å². The number of esters is 1. The molecule has 0 heterocycles. The van der Waals surface area contributed by atoms with Gasteiger partial charge in [-0.25, -0.2) is 0 Å². The molecule has 0 fully saturated rings. The van der Waals surface area contributed by atoms with Gasteiger partial charge in [-0.15, -0.1) is 6.58 Å². The zero-order chi connectivity index (χ0) is 27.5. The average Bonchev–Trinajstić information content (AvgIpc) is 3.27. The molecule has 202 valence electrons. The van der Waals surface area contributed by atoms with Crippen molar-refractivity contribution < 1.29 is 24.2 Å². The molecule has 1 N–H and O–H groups in total. The molecule has 1 aliphatic carbocycles. The van der Waals surface area contributed by atoms with Crippen LogP contribution in [0, 0.1) is 26.1 Å². The number of rotatable bonds is 15. The van der Waals surface area contributed by atoms with Crippen molar-refractivity contribution in [1.29, 1.82) is 0 Å². The quantitative estimate of drug-likeness (QED) is 0.0992. The third kappa shape index (κ3) is 7.71. The number of nitro groups is 2. The molecule has 2 atom stereocenters. The Hall–Kier alpha value is -4.08. The fourth-order valence-corrected chi connectivity index (χ4v) is 4.71. The number of amides is 1. The molecule has 1 aliphatic rings. The monoisotopic (exact) mass is 523 g/mol. The van der Waals surface area contributed by atoms with Crippen molar-refractivity contribution in [3.05, 3.63) is 92.0 Å². The van der Waals surface area contributed by atoms with Crippen molar-refractivity contribution in [1.82, 2.24) is 5.32 Å². The number of unbranched alkanes of at least 4 members (excludes halogenated alkanes) is 7. The topological polar surface area (TPSA) is 142 Å². The van der Waals surface area contributed by atoms with Crippen LogP contribution in [0.2, 0.25) is 0 Å². The number of non-ortho nitro benzene ring substituents is 2. The van der Waals surface area contributed by atoms with E-state index >= 15 is 0 Å². The van der Waals surface area contributed by atoms with Crippen LogP contribution in [-0.4, -0.2) is 28.3 Å². The highest BCUT2D eigenvalue weighted by Crippen LogP contribution is 2.37. The van der Waals surface area contributed by atoms with E-state index < -0.39 is 45.1 Å². The Balaban J connectivity index is 1.61. The number of allylic oxidation sites excluding steroid dienone is 1. The van der Waals surface area contributed by atoms with Gasteiger partial charge < -0.3 is 10.1 Å². The maximum atomic E-state index is 13.1. The maximum Gasteiger partial charge on any atom is 0.311 e.